The Balaban J connectivity index is 1.84. The van der Waals surface area contributed by atoms with E-state index in [9.17, 15) is 0 Å². The predicted octanol–water partition coefficient (Wildman–Crippen LogP) is 3.36. The van der Waals surface area contributed by atoms with Crippen molar-refractivity contribution in [3.05, 3.63) is 28.8 Å². The van der Waals surface area contributed by atoms with Crippen LogP contribution in [0.15, 0.2) is 18.2 Å². The van der Waals surface area contributed by atoms with Gasteiger partial charge in [0.15, 0.2) is 0 Å². The van der Waals surface area contributed by atoms with Crippen LogP contribution in [-0.4, -0.2) is 37.1 Å². The summed E-state index contributed by atoms with van der Waals surface area (Å²) in [6.45, 7) is 4.64. The molecule has 1 unspecified atom stereocenters. The Morgan fingerprint density at radius 2 is 2.11 bits per heavy atom. The van der Waals surface area contributed by atoms with Gasteiger partial charge >= 0.3 is 0 Å². The molecule has 2 nitrogen and oxygen atoms in total. The van der Waals surface area contributed by atoms with Crippen LogP contribution in [0.1, 0.15) is 18.4 Å². The van der Waals surface area contributed by atoms with Gasteiger partial charge in [-0.15, -0.1) is 11.6 Å². The van der Waals surface area contributed by atoms with Gasteiger partial charge in [0.1, 0.15) is 0 Å². The van der Waals surface area contributed by atoms with Crippen LogP contribution in [0.25, 0.3) is 0 Å². The lowest BCUT2D eigenvalue weighted by atomic mass is 10.1. The third-order valence-electron chi connectivity index (χ3n) is 4.12. The normalized spacial score (nSPS) is 24.3. The van der Waals surface area contributed by atoms with E-state index in [2.05, 4.69) is 15.9 Å². The molecule has 1 aromatic carbocycles. The fraction of sp³-hybridized carbons (Fsp3) is 0.571. The van der Waals surface area contributed by atoms with Crippen LogP contribution >= 0.6 is 23.2 Å². The molecule has 0 N–H and O–H groups in total. The highest BCUT2D eigenvalue weighted by Crippen LogP contribution is 2.30. The second-order valence-corrected chi connectivity index (χ2v) is 5.89. The molecular weight excluding hydrogens is 267 g/mol. The first-order valence-electron chi connectivity index (χ1n) is 6.61. The number of alkyl halides is 1. The number of halogens is 2. The zero-order valence-electron chi connectivity index (χ0n) is 10.4. The number of fused-ring (bicyclic) bond motifs is 1. The molecule has 0 saturated carbocycles. The summed E-state index contributed by atoms with van der Waals surface area (Å²) in [6.07, 6.45) is 2.67. The SMILES string of the molecule is ClCc1ccc(Cl)cc1N1CCN2CCCC2C1. The summed E-state index contributed by atoms with van der Waals surface area (Å²) in [7, 11) is 0. The molecule has 2 aliphatic heterocycles. The number of nitrogens with zero attached hydrogens (tertiary/aromatic N) is 2. The van der Waals surface area contributed by atoms with Gasteiger partial charge in [0.25, 0.3) is 0 Å². The van der Waals surface area contributed by atoms with Gasteiger partial charge in [-0.1, -0.05) is 17.7 Å². The van der Waals surface area contributed by atoms with Crippen LogP contribution in [0, 0.1) is 0 Å². The molecule has 0 radical (unpaired) electrons. The van der Waals surface area contributed by atoms with Crippen molar-refractivity contribution in [3.63, 3.8) is 0 Å². The summed E-state index contributed by atoms with van der Waals surface area (Å²) >= 11 is 12.2. The number of benzene rings is 1. The molecule has 0 spiro atoms. The second-order valence-electron chi connectivity index (χ2n) is 5.18. The van der Waals surface area contributed by atoms with Crippen molar-refractivity contribution < 1.29 is 0 Å². The maximum atomic E-state index is 6.12. The van der Waals surface area contributed by atoms with Crippen LogP contribution in [0.5, 0.6) is 0 Å². The van der Waals surface area contributed by atoms with E-state index in [1.807, 2.05) is 12.1 Å². The van der Waals surface area contributed by atoms with Crippen LogP contribution in [0.2, 0.25) is 5.02 Å². The topological polar surface area (TPSA) is 6.48 Å². The van der Waals surface area contributed by atoms with Gasteiger partial charge in [0.2, 0.25) is 0 Å². The fourth-order valence-corrected chi connectivity index (χ4v) is 3.55. The van der Waals surface area contributed by atoms with Crippen molar-refractivity contribution in [3.8, 4) is 0 Å². The maximum Gasteiger partial charge on any atom is 0.0494 e. The van der Waals surface area contributed by atoms with Gasteiger partial charge in [0, 0.05) is 42.3 Å². The highest BCUT2D eigenvalue weighted by molar-refractivity contribution is 6.31. The van der Waals surface area contributed by atoms with Gasteiger partial charge in [0.05, 0.1) is 0 Å². The maximum absolute atomic E-state index is 6.12. The molecule has 3 rings (SSSR count). The first-order chi connectivity index (χ1) is 8.78. The van der Waals surface area contributed by atoms with Crippen molar-refractivity contribution in [1.29, 1.82) is 0 Å². The van der Waals surface area contributed by atoms with Crippen molar-refractivity contribution in [2.75, 3.05) is 31.1 Å². The molecule has 2 fully saturated rings. The molecule has 2 saturated heterocycles. The Bertz CT molecular complexity index is 436. The molecule has 2 heterocycles. The van der Waals surface area contributed by atoms with Crippen molar-refractivity contribution in [1.82, 2.24) is 4.90 Å². The van der Waals surface area contributed by atoms with Gasteiger partial charge in [-0.2, -0.15) is 0 Å². The lowest BCUT2D eigenvalue weighted by Gasteiger charge is -2.39. The lowest BCUT2D eigenvalue weighted by molar-refractivity contribution is 0.231. The minimum Gasteiger partial charge on any atom is -0.368 e. The number of piperazine rings is 1. The number of hydrogen-bond acceptors (Lipinski definition) is 2. The summed E-state index contributed by atoms with van der Waals surface area (Å²) in [5, 5.41) is 0.799. The first-order valence-corrected chi connectivity index (χ1v) is 7.52. The minimum absolute atomic E-state index is 0.553. The minimum atomic E-state index is 0.553. The monoisotopic (exact) mass is 284 g/mol. The number of rotatable bonds is 2. The molecular formula is C14H18Cl2N2. The Morgan fingerprint density at radius 1 is 1.22 bits per heavy atom. The van der Waals surface area contributed by atoms with Crippen LogP contribution < -0.4 is 4.90 Å². The van der Waals surface area contributed by atoms with E-state index in [0.717, 1.165) is 24.2 Å². The molecule has 0 aromatic heterocycles. The summed E-state index contributed by atoms with van der Waals surface area (Å²) in [4.78, 5) is 5.07. The highest BCUT2D eigenvalue weighted by Gasteiger charge is 2.31. The summed E-state index contributed by atoms with van der Waals surface area (Å²) in [6, 6.07) is 6.75. The molecule has 1 aromatic rings. The molecule has 0 bridgehead atoms. The van der Waals surface area contributed by atoms with E-state index in [0.29, 0.717) is 5.88 Å². The van der Waals surface area contributed by atoms with Gasteiger partial charge in [-0.05, 0) is 37.1 Å². The van der Waals surface area contributed by atoms with Gasteiger partial charge < -0.3 is 4.90 Å². The molecule has 18 heavy (non-hydrogen) atoms. The Hall–Kier alpha value is -0.440. The molecule has 0 amide bonds. The Morgan fingerprint density at radius 3 is 2.94 bits per heavy atom. The standard InChI is InChI=1S/C14H18Cl2N2/c15-9-11-3-4-12(16)8-14(11)18-7-6-17-5-1-2-13(17)10-18/h3-4,8,13H,1-2,5-7,9-10H2. The van der Waals surface area contributed by atoms with E-state index in [-0.39, 0.29) is 0 Å². The van der Waals surface area contributed by atoms with E-state index < -0.39 is 0 Å². The van der Waals surface area contributed by atoms with Gasteiger partial charge in [-0.3, -0.25) is 4.90 Å². The van der Waals surface area contributed by atoms with Gasteiger partial charge in [-0.25, -0.2) is 0 Å². The van der Waals surface area contributed by atoms with E-state index in [4.69, 9.17) is 23.2 Å². The van der Waals surface area contributed by atoms with E-state index in [1.165, 1.54) is 37.2 Å². The van der Waals surface area contributed by atoms with E-state index in [1.54, 1.807) is 0 Å². The summed E-state index contributed by atoms with van der Waals surface area (Å²) < 4.78 is 0. The Labute approximate surface area is 118 Å². The summed E-state index contributed by atoms with van der Waals surface area (Å²) in [5.74, 6) is 0.553. The summed E-state index contributed by atoms with van der Waals surface area (Å²) in [5.41, 5.74) is 2.41. The van der Waals surface area contributed by atoms with Crippen LogP contribution in [0.4, 0.5) is 5.69 Å². The Kier molecular flexibility index (Phi) is 3.69. The molecule has 98 valence electrons. The zero-order valence-corrected chi connectivity index (χ0v) is 11.9. The number of anilines is 1. The molecule has 0 aliphatic carbocycles. The van der Waals surface area contributed by atoms with Crippen LogP contribution in [0.3, 0.4) is 0 Å². The highest BCUT2D eigenvalue weighted by atomic mass is 35.5. The number of hydrogen-bond donors (Lipinski definition) is 0. The van der Waals surface area contributed by atoms with Crippen molar-refractivity contribution in [2.24, 2.45) is 0 Å². The lowest BCUT2D eigenvalue weighted by Crippen LogP contribution is -2.50. The largest absolute Gasteiger partial charge is 0.368 e. The molecule has 4 heteroatoms. The van der Waals surface area contributed by atoms with Crippen molar-refractivity contribution >= 4 is 28.9 Å². The molecule has 2 aliphatic rings. The predicted molar refractivity (Wildman–Crippen MR) is 77.8 cm³/mol. The van der Waals surface area contributed by atoms with E-state index >= 15 is 0 Å². The third kappa shape index (κ3) is 2.34. The quantitative estimate of drug-likeness (QED) is 0.769. The molecule has 1 atom stereocenters. The fourth-order valence-electron chi connectivity index (χ4n) is 3.15. The van der Waals surface area contributed by atoms with Crippen LogP contribution in [-0.2, 0) is 5.88 Å². The zero-order chi connectivity index (χ0) is 12.5. The average Bonchev–Trinajstić information content (AvgIpc) is 2.85. The smallest absolute Gasteiger partial charge is 0.0494 e. The first kappa shape index (κ1) is 12.6. The average molecular weight is 285 g/mol. The second kappa shape index (κ2) is 5.28. The third-order valence-corrected chi connectivity index (χ3v) is 4.64. The van der Waals surface area contributed by atoms with Crippen molar-refractivity contribution in [2.45, 2.75) is 24.8 Å².